The summed E-state index contributed by atoms with van der Waals surface area (Å²) in [5.41, 5.74) is 0.487. The maximum absolute atomic E-state index is 14.7. The van der Waals surface area contributed by atoms with Gasteiger partial charge >= 0.3 is 0 Å². The van der Waals surface area contributed by atoms with Gasteiger partial charge in [0, 0.05) is 43.7 Å². The Balaban J connectivity index is 1.48. The van der Waals surface area contributed by atoms with Crippen LogP contribution in [0.1, 0.15) is 56.4 Å². The standard InChI is InChI=1S/C27H30F2N2O6/c1-5-34-25(24-19(28)9-17(33-4)10-20(24)29)26(32)31-14-16-7-6-15(13-30)8-21(16)35-18-11-22-23(12-18)37-27(2,3)36-22/h6-10,18,22-23,25H,5,11-12,14H2,1-4H3,(H,31,32)/t18-,22+,23-,25?. The minimum absolute atomic E-state index is 0.0100. The summed E-state index contributed by atoms with van der Waals surface area (Å²) in [5, 5.41) is 12.0. The number of benzene rings is 2. The average Bonchev–Trinajstić information content (AvgIpc) is 3.34. The third-order valence-electron chi connectivity index (χ3n) is 6.34. The number of carbonyl (C=O) groups excluding carboxylic acids is 1. The number of fused-ring (bicyclic) bond motifs is 1. The minimum Gasteiger partial charge on any atom is -0.497 e. The molecular formula is C27H30F2N2O6. The van der Waals surface area contributed by atoms with Crippen molar-refractivity contribution in [2.45, 2.75) is 70.4 Å². The predicted octanol–water partition coefficient (Wildman–Crippen LogP) is 4.30. The molecule has 1 saturated heterocycles. The van der Waals surface area contributed by atoms with Gasteiger partial charge in [0.05, 0.1) is 36.5 Å². The smallest absolute Gasteiger partial charge is 0.254 e. The Morgan fingerprint density at radius 1 is 1.19 bits per heavy atom. The summed E-state index contributed by atoms with van der Waals surface area (Å²) in [7, 11) is 1.29. The van der Waals surface area contributed by atoms with Gasteiger partial charge in [0.2, 0.25) is 0 Å². The van der Waals surface area contributed by atoms with Crippen LogP contribution >= 0.6 is 0 Å². The van der Waals surface area contributed by atoms with Crippen LogP contribution in [0.4, 0.5) is 8.78 Å². The molecule has 198 valence electrons. The second-order valence-corrected chi connectivity index (χ2v) is 9.42. The largest absolute Gasteiger partial charge is 0.497 e. The maximum Gasteiger partial charge on any atom is 0.254 e. The van der Waals surface area contributed by atoms with Crippen molar-refractivity contribution in [3.63, 3.8) is 0 Å². The Morgan fingerprint density at radius 2 is 1.84 bits per heavy atom. The number of hydrogen-bond donors (Lipinski definition) is 1. The molecule has 4 rings (SSSR count). The molecule has 1 heterocycles. The Kier molecular flexibility index (Phi) is 7.97. The van der Waals surface area contributed by atoms with Crippen LogP contribution in [0, 0.1) is 23.0 Å². The highest BCUT2D eigenvalue weighted by Crippen LogP contribution is 2.40. The zero-order chi connectivity index (χ0) is 26.7. The van der Waals surface area contributed by atoms with Crippen LogP contribution in [0.25, 0.3) is 0 Å². The summed E-state index contributed by atoms with van der Waals surface area (Å²) in [4.78, 5) is 13.0. The lowest BCUT2D eigenvalue weighted by molar-refractivity contribution is -0.155. The van der Waals surface area contributed by atoms with Crippen molar-refractivity contribution in [1.29, 1.82) is 5.26 Å². The lowest BCUT2D eigenvalue weighted by Gasteiger charge is -2.22. The van der Waals surface area contributed by atoms with Crippen LogP contribution in [0.5, 0.6) is 11.5 Å². The van der Waals surface area contributed by atoms with Gasteiger partial charge in [-0.3, -0.25) is 4.79 Å². The summed E-state index contributed by atoms with van der Waals surface area (Å²) in [6, 6.07) is 8.95. The van der Waals surface area contributed by atoms with Crippen LogP contribution in [0.15, 0.2) is 30.3 Å². The van der Waals surface area contributed by atoms with Crippen molar-refractivity contribution < 1.29 is 37.3 Å². The fourth-order valence-corrected chi connectivity index (χ4v) is 4.74. The number of nitrogens with zero attached hydrogens (tertiary/aromatic N) is 1. The minimum atomic E-state index is -1.51. The van der Waals surface area contributed by atoms with Gasteiger partial charge < -0.3 is 29.0 Å². The van der Waals surface area contributed by atoms with E-state index in [0.29, 0.717) is 29.7 Å². The second-order valence-electron chi connectivity index (χ2n) is 9.42. The highest BCUT2D eigenvalue weighted by atomic mass is 19.1. The maximum atomic E-state index is 14.7. The van der Waals surface area contributed by atoms with E-state index in [9.17, 15) is 18.8 Å². The molecule has 1 N–H and O–H groups in total. The first kappa shape index (κ1) is 26.8. The monoisotopic (exact) mass is 516 g/mol. The number of ether oxygens (including phenoxy) is 5. The van der Waals surface area contributed by atoms with Crippen molar-refractivity contribution in [3.8, 4) is 17.6 Å². The number of nitriles is 1. The molecule has 10 heteroatoms. The molecule has 0 aromatic heterocycles. The molecule has 1 unspecified atom stereocenters. The average molecular weight is 517 g/mol. The molecule has 0 radical (unpaired) electrons. The summed E-state index contributed by atoms with van der Waals surface area (Å²) in [5.74, 6) is -2.84. The Bertz CT molecular complexity index is 1160. The van der Waals surface area contributed by atoms with Crippen molar-refractivity contribution in [2.75, 3.05) is 13.7 Å². The molecule has 2 aromatic carbocycles. The van der Waals surface area contributed by atoms with Crippen LogP contribution in [-0.2, 0) is 25.5 Å². The first-order chi connectivity index (χ1) is 17.6. The van der Waals surface area contributed by atoms with E-state index in [0.717, 1.165) is 12.1 Å². The molecule has 37 heavy (non-hydrogen) atoms. The molecule has 1 aliphatic heterocycles. The summed E-state index contributed by atoms with van der Waals surface area (Å²) in [6.07, 6.45) is -0.621. The van der Waals surface area contributed by atoms with Crippen LogP contribution in [0.3, 0.4) is 0 Å². The van der Waals surface area contributed by atoms with Crippen molar-refractivity contribution >= 4 is 5.91 Å². The number of rotatable bonds is 9. The number of amides is 1. The predicted molar refractivity (Wildman–Crippen MR) is 128 cm³/mol. The summed E-state index contributed by atoms with van der Waals surface area (Å²) >= 11 is 0. The number of carbonyl (C=O) groups is 1. The first-order valence-electron chi connectivity index (χ1n) is 12.1. The van der Waals surface area contributed by atoms with Gasteiger partial charge in [-0.1, -0.05) is 6.07 Å². The van der Waals surface area contributed by atoms with E-state index >= 15 is 0 Å². The van der Waals surface area contributed by atoms with Gasteiger partial charge in [0.15, 0.2) is 11.9 Å². The number of halogens is 2. The SMILES string of the molecule is CCOC(C(=O)NCc1ccc(C#N)cc1O[C@@H]1C[C@@H]2OC(C)(C)O[C@@H]2C1)c1c(F)cc(OC)cc1F. The van der Waals surface area contributed by atoms with Crippen LogP contribution in [-0.4, -0.2) is 43.7 Å². The van der Waals surface area contributed by atoms with Gasteiger partial charge in [0.25, 0.3) is 5.91 Å². The topological polar surface area (TPSA) is 99.0 Å². The van der Waals surface area contributed by atoms with E-state index in [1.165, 1.54) is 7.11 Å². The molecule has 0 bridgehead atoms. The van der Waals surface area contributed by atoms with E-state index in [1.807, 2.05) is 13.8 Å². The Morgan fingerprint density at radius 3 is 2.41 bits per heavy atom. The molecule has 1 aliphatic carbocycles. The highest BCUT2D eigenvalue weighted by molar-refractivity contribution is 5.82. The Hall–Kier alpha value is -3.26. The molecule has 4 atom stereocenters. The number of nitrogens with one attached hydrogen (secondary N) is 1. The third kappa shape index (κ3) is 6.01. The van der Waals surface area contributed by atoms with Crippen LogP contribution in [0.2, 0.25) is 0 Å². The second kappa shape index (κ2) is 11.0. The van der Waals surface area contributed by atoms with E-state index in [1.54, 1.807) is 25.1 Å². The fraction of sp³-hybridized carbons (Fsp3) is 0.481. The van der Waals surface area contributed by atoms with Crippen molar-refractivity contribution in [1.82, 2.24) is 5.32 Å². The molecule has 1 saturated carbocycles. The lowest BCUT2D eigenvalue weighted by atomic mass is 10.1. The van der Waals surface area contributed by atoms with Crippen molar-refractivity contribution in [2.24, 2.45) is 0 Å². The molecule has 8 nitrogen and oxygen atoms in total. The number of hydrogen-bond acceptors (Lipinski definition) is 7. The molecule has 2 fully saturated rings. The first-order valence-corrected chi connectivity index (χ1v) is 12.1. The Labute approximate surface area is 214 Å². The number of methoxy groups -OCH3 is 1. The fourth-order valence-electron chi connectivity index (χ4n) is 4.74. The van der Waals surface area contributed by atoms with Gasteiger partial charge in [-0.05, 0) is 32.9 Å². The molecule has 2 aliphatic rings. The van der Waals surface area contributed by atoms with E-state index in [4.69, 9.17) is 23.7 Å². The zero-order valence-corrected chi connectivity index (χ0v) is 21.2. The summed E-state index contributed by atoms with van der Waals surface area (Å²) in [6.45, 7) is 5.41. The molecule has 2 aromatic rings. The normalized spacial score (nSPS) is 22.7. The van der Waals surface area contributed by atoms with Crippen molar-refractivity contribution in [3.05, 3.63) is 58.7 Å². The molecule has 1 amide bonds. The lowest BCUT2D eigenvalue weighted by Crippen LogP contribution is -2.32. The quantitative estimate of drug-likeness (QED) is 0.531. The zero-order valence-electron chi connectivity index (χ0n) is 21.2. The van der Waals surface area contributed by atoms with Gasteiger partial charge in [0.1, 0.15) is 29.2 Å². The van der Waals surface area contributed by atoms with E-state index in [-0.39, 0.29) is 37.2 Å². The van der Waals surface area contributed by atoms with Crippen LogP contribution < -0.4 is 14.8 Å². The van der Waals surface area contributed by atoms with E-state index < -0.39 is 35.0 Å². The highest BCUT2D eigenvalue weighted by Gasteiger charge is 2.48. The van der Waals surface area contributed by atoms with E-state index in [2.05, 4.69) is 11.4 Å². The van der Waals surface area contributed by atoms with Gasteiger partial charge in [-0.15, -0.1) is 0 Å². The molecule has 0 spiro atoms. The van der Waals surface area contributed by atoms with Gasteiger partial charge in [-0.25, -0.2) is 8.78 Å². The van der Waals surface area contributed by atoms with Gasteiger partial charge in [-0.2, -0.15) is 5.26 Å². The summed E-state index contributed by atoms with van der Waals surface area (Å²) < 4.78 is 57.7. The third-order valence-corrected chi connectivity index (χ3v) is 6.34. The molecular weight excluding hydrogens is 486 g/mol.